The van der Waals surface area contributed by atoms with Gasteiger partial charge in [-0.25, -0.2) is 0 Å². The summed E-state index contributed by atoms with van der Waals surface area (Å²) in [5, 5.41) is 0. The van der Waals surface area contributed by atoms with Gasteiger partial charge in [0.1, 0.15) is 0 Å². The number of aryl methyl sites for hydroxylation is 1. The molecule has 0 saturated heterocycles. The van der Waals surface area contributed by atoms with Gasteiger partial charge in [-0.05, 0) is 50.7 Å². The van der Waals surface area contributed by atoms with Gasteiger partial charge in [0.05, 0.1) is 5.69 Å². The van der Waals surface area contributed by atoms with Crippen LogP contribution in [0.3, 0.4) is 0 Å². The van der Waals surface area contributed by atoms with Crippen LogP contribution in [-0.2, 0) is 6.54 Å². The van der Waals surface area contributed by atoms with Crippen molar-refractivity contribution >= 4 is 11.6 Å². The molecule has 4 heteroatoms. The normalized spacial score (nSPS) is 11.1. The van der Waals surface area contributed by atoms with Crippen molar-refractivity contribution in [1.82, 2.24) is 4.98 Å². The van der Waals surface area contributed by atoms with Gasteiger partial charge in [0, 0.05) is 23.4 Å². The van der Waals surface area contributed by atoms with Crippen LogP contribution in [0.1, 0.15) is 77.2 Å². The Balaban J connectivity index is 2.18. The number of ketones is 2. The van der Waals surface area contributed by atoms with Crippen molar-refractivity contribution in [2.45, 2.75) is 59.9 Å². The minimum absolute atomic E-state index is 0.0108. The lowest BCUT2D eigenvalue weighted by Crippen LogP contribution is -2.37. The molecule has 0 atom stereocenters. The lowest BCUT2D eigenvalue weighted by Gasteiger charge is -2.11. The van der Waals surface area contributed by atoms with Crippen molar-refractivity contribution in [3.05, 3.63) is 52.6 Å². The number of aromatic amines is 1. The molecule has 128 valence electrons. The second-order valence-electron chi connectivity index (χ2n) is 6.42. The number of Topliss-reactive ketones (excluding diaryl/α,β-unsaturated/α-hetero) is 2. The zero-order chi connectivity index (χ0) is 17.9. The summed E-state index contributed by atoms with van der Waals surface area (Å²) in [6.45, 7) is 9.85. The molecule has 0 saturated carbocycles. The van der Waals surface area contributed by atoms with E-state index in [1.54, 1.807) is 0 Å². The number of carbonyl (C=O) groups is 2. The summed E-state index contributed by atoms with van der Waals surface area (Å²) in [5.74, 6) is 0.549. The van der Waals surface area contributed by atoms with Crippen molar-refractivity contribution in [3.63, 3.8) is 0 Å². The maximum absolute atomic E-state index is 12.6. The molecule has 2 rings (SSSR count). The molecule has 24 heavy (non-hydrogen) atoms. The van der Waals surface area contributed by atoms with Crippen molar-refractivity contribution < 1.29 is 14.2 Å². The molecule has 0 aromatic carbocycles. The number of carbonyl (C=O) groups excluding carboxylic acids is 2. The lowest BCUT2D eigenvalue weighted by atomic mass is 9.95. The molecule has 0 spiro atoms. The van der Waals surface area contributed by atoms with Crippen molar-refractivity contribution in [1.29, 1.82) is 0 Å². The predicted octanol–water partition coefficient (Wildman–Crippen LogP) is 3.91. The minimum atomic E-state index is -0.0116. The zero-order valence-corrected chi connectivity index (χ0v) is 15.3. The Labute approximate surface area is 143 Å². The van der Waals surface area contributed by atoms with E-state index in [9.17, 15) is 9.59 Å². The van der Waals surface area contributed by atoms with Gasteiger partial charge in [-0.3, -0.25) is 9.59 Å². The second-order valence-corrected chi connectivity index (χ2v) is 6.42. The molecule has 0 radical (unpaired) electrons. The fourth-order valence-corrected chi connectivity index (χ4v) is 3.41. The Morgan fingerprint density at radius 1 is 1.12 bits per heavy atom. The summed E-state index contributed by atoms with van der Waals surface area (Å²) in [6, 6.07) is 4.19. The van der Waals surface area contributed by atoms with Gasteiger partial charge < -0.3 is 4.98 Å². The van der Waals surface area contributed by atoms with E-state index in [0.717, 1.165) is 24.1 Å². The molecule has 0 unspecified atom stereocenters. The molecule has 0 aliphatic heterocycles. The van der Waals surface area contributed by atoms with E-state index >= 15 is 0 Å². The molecule has 4 nitrogen and oxygen atoms in total. The number of nitrogens with zero attached hydrogens (tertiary/aromatic N) is 1. The Hall–Kier alpha value is -2.23. The Kier molecular flexibility index (Phi) is 5.71. The average molecular weight is 327 g/mol. The standard InChI is InChI=1S/C20H26N2O2/c1-6-16(7-2)17-8-10-22(11-9-17)12-18(24)20-13(3)19(15(5)23)14(4)21-20/h8-11,16H,6-7,12H2,1-5H3/p+1. The van der Waals surface area contributed by atoms with E-state index in [1.165, 1.54) is 12.5 Å². The van der Waals surface area contributed by atoms with Crippen LogP contribution in [0.5, 0.6) is 0 Å². The number of hydrogen-bond donors (Lipinski definition) is 1. The number of aromatic nitrogens is 2. The summed E-state index contributed by atoms with van der Waals surface area (Å²) in [7, 11) is 0. The highest BCUT2D eigenvalue weighted by atomic mass is 16.1. The van der Waals surface area contributed by atoms with Gasteiger partial charge in [0.15, 0.2) is 18.2 Å². The Morgan fingerprint density at radius 2 is 1.71 bits per heavy atom. The fourth-order valence-electron chi connectivity index (χ4n) is 3.41. The van der Waals surface area contributed by atoms with E-state index in [-0.39, 0.29) is 18.1 Å². The number of hydrogen-bond acceptors (Lipinski definition) is 2. The van der Waals surface area contributed by atoms with Crippen molar-refractivity contribution in [2.24, 2.45) is 0 Å². The molecule has 0 aliphatic carbocycles. The first kappa shape index (κ1) is 18.1. The second kappa shape index (κ2) is 7.56. The number of H-pyrrole nitrogens is 1. The van der Waals surface area contributed by atoms with E-state index < -0.39 is 0 Å². The lowest BCUT2D eigenvalue weighted by molar-refractivity contribution is -0.683. The third kappa shape index (κ3) is 3.64. The summed E-state index contributed by atoms with van der Waals surface area (Å²) in [6.07, 6.45) is 6.16. The third-order valence-electron chi connectivity index (χ3n) is 4.77. The first-order valence-corrected chi connectivity index (χ1v) is 8.61. The van der Waals surface area contributed by atoms with Gasteiger partial charge in [-0.15, -0.1) is 0 Å². The molecule has 0 fully saturated rings. The monoisotopic (exact) mass is 327 g/mol. The van der Waals surface area contributed by atoms with Gasteiger partial charge in [0.2, 0.25) is 12.3 Å². The smallest absolute Gasteiger partial charge is 0.243 e. The highest BCUT2D eigenvalue weighted by molar-refractivity contribution is 6.02. The average Bonchev–Trinajstić information content (AvgIpc) is 2.85. The largest absolute Gasteiger partial charge is 0.355 e. The van der Waals surface area contributed by atoms with Crippen LogP contribution in [0.2, 0.25) is 0 Å². The van der Waals surface area contributed by atoms with Crippen LogP contribution in [0, 0.1) is 13.8 Å². The maximum atomic E-state index is 12.6. The number of rotatable bonds is 7. The topological polar surface area (TPSA) is 53.8 Å². The Bertz CT molecular complexity index is 738. The van der Waals surface area contributed by atoms with Crippen molar-refractivity contribution in [3.8, 4) is 0 Å². The molecule has 2 aromatic heterocycles. The van der Waals surface area contributed by atoms with Crippen LogP contribution in [0.4, 0.5) is 0 Å². The molecule has 2 heterocycles. The fraction of sp³-hybridized carbons (Fsp3) is 0.450. The molecule has 0 bridgehead atoms. The highest BCUT2D eigenvalue weighted by Gasteiger charge is 2.22. The first-order valence-electron chi connectivity index (χ1n) is 8.61. The minimum Gasteiger partial charge on any atom is -0.355 e. The van der Waals surface area contributed by atoms with Gasteiger partial charge >= 0.3 is 0 Å². The summed E-state index contributed by atoms with van der Waals surface area (Å²) >= 11 is 0. The van der Waals surface area contributed by atoms with Gasteiger partial charge in [0.25, 0.3) is 0 Å². The summed E-state index contributed by atoms with van der Waals surface area (Å²) in [4.78, 5) is 27.4. The van der Waals surface area contributed by atoms with Crippen LogP contribution >= 0.6 is 0 Å². The van der Waals surface area contributed by atoms with E-state index in [0.29, 0.717) is 17.2 Å². The molecule has 2 aromatic rings. The zero-order valence-electron chi connectivity index (χ0n) is 15.3. The van der Waals surface area contributed by atoms with E-state index in [2.05, 4.69) is 31.0 Å². The Morgan fingerprint density at radius 3 is 2.17 bits per heavy atom. The maximum Gasteiger partial charge on any atom is 0.243 e. The SMILES string of the molecule is CCC(CC)c1cc[n+](CC(=O)c2[nH]c(C)c(C(C)=O)c2C)cc1. The van der Waals surface area contributed by atoms with Crippen LogP contribution < -0.4 is 4.57 Å². The molecule has 0 amide bonds. The quantitative estimate of drug-likeness (QED) is 0.619. The van der Waals surface area contributed by atoms with Crippen molar-refractivity contribution in [2.75, 3.05) is 0 Å². The first-order chi connectivity index (χ1) is 11.4. The molecule has 0 aliphatic rings. The van der Waals surface area contributed by atoms with E-state index in [4.69, 9.17) is 0 Å². The third-order valence-corrected chi connectivity index (χ3v) is 4.77. The number of pyridine rings is 1. The summed E-state index contributed by atoms with van der Waals surface area (Å²) in [5.41, 5.74) is 3.99. The van der Waals surface area contributed by atoms with Gasteiger partial charge in [-0.2, -0.15) is 4.57 Å². The molecule has 1 N–H and O–H groups in total. The van der Waals surface area contributed by atoms with Crippen LogP contribution in [0.25, 0.3) is 0 Å². The van der Waals surface area contributed by atoms with E-state index in [1.807, 2.05) is 30.8 Å². The molecular formula is C20H27N2O2+. The highest BCUT2D eigenvalue weighted by Crippen LogP contribution is 2.21. The molecular weight excluding hydrogens is 300 g/mol. The van der Waals surface area contributed by atoms with Crippen LogP contribution in [-0.4, -0.2) is 16.6 Å². The predicted molar refractivity (Wildman–Crippen MR) is 94.6 cm³/mol. The number of nitrogens with one attached hydrogen (secondary N) is 1. The summed E-state index contributed by atoms with van der Waals surface area (Å²) < 4.78 is 1.89. The van der Waals surface area contributed by atoms with Crippen LogP contribution in [0.15, 0.2) is 24.5 Å². The van der Waals surface area contributed by atoms with Gasteiger partial charge in [-0.1, -0.05) is 13.8 Å².